The van der Waals surface area contributed by atoms with Gasteiger partial charge in [-0.05, 0) is 17.7 Å². The van der Waals surface area contributed by atoms with Gasteiger partial charge in [0.1, 0.15) is 0 Å². The van der Waals surface area contributed by atoms with Gasteiger partial charge in [0.15, 0.2) is 0 Å². The maximum atomic E-state index is 10.4. The highest BCUT2D eigenvalue weighted by Gasteiger charge is 1.93. The second-order valence-corrected chi connectivity index (χ2v) is 2.54. The van der Waals surface area contributed by atoms with E-state index in [1.165, 1.54) is 12.3 Å². The van der Waals surface area contributed by atoms with E-state index in [-0.39, 0.29) is 0 Å². The predicted molar refractivity (Wildman–Crippen MR) is 47.5 cm³/mol. The molecule has 0 spiro atoms. The fourth-order valence-electron chi connectivity index (χ4n) is 0.693. The lowest BCUT2D eigenvalue weighted by Gasteiger charge is -1.93. The fourth-order valence-corrected chi connectivity index (χ4v) is 0.875. The van der Waals surface area contributed by atoms with Crippen molar-refractivity contribution >= 4 is 23.6 Å². The minimum absolute atomic E-state index is 0.495. The van der Waals surface area contributed by atoms with Crippen molar-refractivity contribution in [3.05, 3.63) is 35.1 Å². The molecule has 3 nitrogen and oxygen atoms in total. The lowest BCUT2D eigenvalue weighted by Crippen LogP contribution is -2.05. The molecule has 4 heteroatoms. The number of aromatic nitrogens is 1. The first-order valence-corrected chi connectivity index (χ1v) is 3.65. The van der Waals surface area contributed by atoms with Crippen molar-refractivity contribution in [3.63, 3.8) is 0 Å². The Labute approximate surface area is 74.9 Å². The first kappa shape index (κ1) is 8.74. The average molecular weight is 183 g/mol. The number of primary amides is 1. The number of rotatable bonds is 2. The van der Waals surface area contributed by atoms with Crippen molar-refractivity contribution in [1.29, 1.82) is 0 Å². The van der Waals surface area contributed by atoms with Crippen LogP contribution in [0.3, 0.4) is 0 Å². The molecule has 0 saturated heterocycles. The van der Waals surface area contributed by atoms with Crippen LogP contribution in [0.5, 0.6) is 0 Å². The number of nitrogens with two attached hydrogens (primary N) is 1. The third-order valence-corrected chi connectivity index (χ3v) is 1.55. The van der Waals surface area contributed by atoms with Gasteiger partial charge in [0, 0.05) is 18.5 Å². The first-order valence-electron chi connectivity index (χ1n) is 3.27. The summed E-state index contributed by atoms with van der Waals surface area (Å²) in [6.45, 7) is 0. The average Bonchev–Trinajstić information content (AvgIpc) is 2.03. The number of carbonyl (C=O) groups is 1. The number of amides is 1. The van der Waals surface area contributed by atoms with E-state index in [1.807, 2.05) is 0 Å². The van der Waals surface area contributed by atoms with Crippen LogP contribution in [0.1, 0.15) is 5.56 Å². The van der Waals surface area contributed by atoms with Crippen LogP contribution in [-0.2, 0) is 4.79 Å². The zero-order chi connectivity index (χ0) is 8.97. The zero-order valence-corrected chi connectivity index (χ0v) is 6.95. The van der Waals surface area contributed by atoms with Crippen LogP contribution in [0, 0.1) is 0 Å². The molecule has 1 amide bonds. The van der Waals surface area contributed by atoms with Crippen molar-refractivity contribution in [2.45, 2.75) is 0 Å². The van der Waals surface area contributed by atoms with Gasteiger partial charge >= 0.3 is 0 Å². The molecule has 12 heavy (non-hydrogen) atoms. The summed E-state index contributed by atoms with van der Waals surface area (Å²) in [5.41, 5.74) is 5.63. The summed E-state index contributed by atoms with van der Waals surface area (Å²) in [6.07, 6.45) is 5.89. The third kappa shape index (κ3) is 2.36. The van der Waals surface area contributed by atoms with Crippen LogP contribution < -0.4 is 5.73 Å². The highest BCUT2D eigenvalue weighted by Crippen LogP contribution is 2.14. The lowest BCUT2D eigenvalue weighted by molar-refractivity contribution is -0.113. The van der Waals surface area contributed by atoms with Crippen LogP contribution >= 0.6 is 11.6 Å². The Morgan fingerprint density at radius 1 is 1.67 bits per heavy atom. The Morgan fingerprint density at radius 2 is 2.42 bits per heavy atom. The van der Waals surface area contributed by atoms with E-state index < -0.39 is 5.91 Å². The molecule has 0 radical (unpaired) electrons. The molecule has 62 valence electrons. The van der Waals surface area contributed by atoms with Gasteiger partial charge in [-0.25, -0.2) is 0 Å². The summed E-state index contributed by atoms with van der Waals surface area (Å²) in [6, 6.07) is 1.70. The summed E-state index contributed by atoms with van der Waals surface area (Å²) in [4.78, 5) is 14.2. The smallest absolute Gasteiger partial charge is 0.241 e. The quantitative estimate of drug-likeness (QED) is 0.700. The number of halogens is 1. The third-order valence-electron chi connectivity index (χ3n) is 1.23. The normalized spacial score (nSPS) is 10.4. The monoisotopic (exact) mass is 182 g/mol. The molecule has 0 saturated carbocycles. The molecule has 0 aliphatic rings. The highest BCUT2D eigenvalue weighted by molar-refractivity contribution is 6.32. The van der Waals surface area contributed by atoms with Gasteiger partial charge in [0.05, 0.1) is 5.02 Å². The van der Waals surface area contributed by atoms with Gasteiger partial charge in [-0.1, -0.05) is 11.6 Å². The molecule has 1 aromatic rings. The fraction of sp³-hybridized carbons (Fsp3) is 0. The molecule has 0 unspecified atom stereocenters. The molecule has 2 N–H and O–H groups in total. The van der Waals surface area contributed by atoms with Crippen LogP contribution in [0.25, 0.3) is 6.08 Å². The molecular weight excluding hydrogens is 176 g/mol. The van der Waals surface area contributed by atoms with E-state index in [0.29, 0.717) is 5.02 Å². The Kier molecular flexibility index (Phi) is 2.82. The maximum absolute atomic E-state index is 10.4. The van der Waals surface area contributed by atoms with E-state index in [0.717, 1.165) is 5.56 Å². The molecule has 0 atom stereocenters. The number of pyridine rings is 1. The van der Waals surface area contributed by atoms with Crippen LogP contribution in [0.15, 0.2) is 24.5 Å². The van der Waals surface area contributed by atoms with E-state index in [9.17, 15) is 4.79 Å². The molecule has 0 aromatic carbocycles. The van der Waals surface area contributed by atoms with Gasteiger partial charge in [-0.2, -0.15) is 0 Å². The first-order chi connectivity index (χ1) is 5.70. The topological polar surface area (TPSA) is 56.0 Å². The highest BCUT2D eigenvalue weighted by atomic mass is 35.5. The Balaban J connectivity index is 2.89. The number of carbonyl (C=O) groups excluding carboxylic acids is 1. The molecule has 0 aliphatic carbocycles. The summed E-state index contributed by atoms with van der Waals surface area (Å²) in [7, 11) is 0. The van der Waals surface area contributed by atoms with Crippen molar-refractivity contribution in [2.24, 2.45) is 5.73 Å². The van der Waals surface area contributed by atoms with Gasteiger partial charge in [-0.15, -0.1) is 0 Å². The molecule has 0 bridgehead atoms. The summed E-state index contributed by atoms with van der Waals surface area (Å²) in [5, 5.41) is 0.495. The number of hydrogen-bond acceptors (Lipinski definition) is 2. The van der Waals surface area contributed by atoms with Crippen molar-refractivity contribution in [3.8, 4) is 0 Å². The van der Waals surface area contributed by atoms with Gasteiger partial charge in [0.25, 0.3) is 0 Å². The summed E-state index contributed by atoms with van der Waals surface area (Å²) < 4.78 is 0. The molecule has 1 rings (SSSR count). The van der Waals surface area contributed by atoms with E-state index in [4.69, 9.17) is 17.3 Å². The van der Waals surface area contributed by atoms with E-state index in [1.54, 1.807) is 18.3 Å². The molecular formula is C8H7ClN2O. The Bertz CT molecular complexity index is 323. The summed E-state index contributed by atoms with van der Waals surface area (Å²) >= 11 is 5.74. The molecule has 0 fully saturated rings. The molecule has 0 aliphatic heterocycles. The Morgan fingerprint density at radius 3 is 3.00 bits per heavy atom. The van der Waals surface area contributed by atoms with Gasteiger partial charge < -0.3 is 5.73 Å². The van der Waals surface area contributed by atoms with Crippen molar-refractivity contribution < 1.29 is 4.79 Å². The van der Waals surface area contributed by atoms with Gasteiger partial charge in [-0.3, -0.25) is 9.78 Å². The maximum Gasteiger partial charge on any atom is 0.241 e. The molecule has 1 heterocycles. The Hall–Kier alpha value is -1.35. The van der Waals surface area contributed by atoms with Crippen LogP contribution in [0.2, 0.25) is 5.02 Å². The zero-order valence-electron chi connectivity index (χ0n) is 6.20. The van der Waals surface area contributed by atoms with Crippen molar-refractivity contribution in [1.82, 2.24) is 4.98 Å². The number of hydrogen-bond donors (Lipinski definition) is 1. The second kappa shape index (κ2) is 3.88. The largest absolute Gasteiger partial charge is 0.366 e. The molecule has 1 aromatic heterocycles. The minimum atomic E-state index is -0.497. The van der Waals surface area contributed by atoms with Gasteiger partial charge in [0.2, 0.25) is 5.91 Å². The second-order valence-electron chi connectivity index (χ2n) is 2.13. The SMILES string of the molecule is NC(=O)/C=C/c1ccncc1Cl. The minimum Gasteiger partial charge on any atom is -0.366 e. The van der Waals surface area contributed by atoms with Crippen molar-refractivity contribution in [2.75, 3.05) is 0 Å². The van der Waals surface area contributed by atoms with Crippen LogP contribution in [0.4, 0.5) is 0 Å². The number of nitrogens with zero attached hydrogens (tertiary/aromatic N) is 1. The van der Waals surface area contributed by atoms with E-state index in [2.05, 4.69) is 4.98 Å². The van der Waals surface area contributed by atoms with Crippen LogP contribution in [-0.4, -0.2) is 10.9 Å². The summed E-state index contributed by atoms with van der Waals surface area (Å²) in [5.74, 6) is -0.497. The predicted octanol–water partition coefficient (Wildman–Crippen LogP) is 1.23. The lowest BCUT2D eigenvalue weighted by atomic mass is 10.2. The standard InChI is InChI=1S/C8H7ClN2O/c9-7-5-11-4-3-6(7)1-2-8(10)12/h1-5H,(H2,10,12)/b2-1+. The van der Waals surface area contributed by atoms with E-state index >= 15 is 0 Å².